The van der Waals surface area contributed by atoms with Gasteiger partial charge in [0, 0.05) is 6.42 Å². The standard InChI is InChI=1S/C64H111NO3/c1-3-5-7-9-11-13-15-17-19-21-22-23-24-25-26-27-28-29-30-31-32-33-34-35-36-37-38-39-40-41-42-44-46-48-50-52-54-56-58-60-64(68)65-62(61-66)63(67)59-57-55-53-51-49-47-45-43-20-18-16-14-12-10-8-6-4-2/h5,7,11,13,17,19,22-23,25-26,28-29,31-32,49,51,57,59,62-63,66-67H,3-4,6,8-10,12,14-16,18,20-21,24,27,30,33-48,50,52-56,58,60-61H2,1-2H3,(H,65,68)/b7-5-,13-11-,19-17-,23-22-,26-25-,29-28-,32-31-,51-49+,59-57+. The van der Waals surface area contributed by atoms with E-state index in [4.69, 9.17) is 0 Å². The maximum atomic E-state index is 12.5. The molecule has 2 unspecified atom stereocenters. The molecule has 0 aliphatic carbocycles. The van der Waals surface area contributed by atoms with E-state index in [0.717, 1.165) is 77.0 Å². The van der Waals surface area contributed by atoms with E-state index in [2.05, 4.69) is 116 Å². The van der Waals surface area contributed by atoms with Crippen LogP contribution in [0.2, 0.25) is 0 Å². The maximum Gasteiger partial charge on any atom is 0.220 e. The van der Waals surface area contributed by atoms with E-state index < -0.39 is 12.1 Å². The molecule has 0 aromatic carbocycles. The molecule has 0 saturated carbocycles. The predicted octanol–water partition coefficient (Wildman–Crippen LogP) is 19.5. The molecule has 0 bridgehead atoms. The minimum atomic E-state index is -0.866. The highest BCUT2D eigenvalue weighted by Crippen LogP contribution is 2.16. The molecule has 2 atom stereocenters. The number of hydrogen-bond acceptors (Lipinski definition) is 3. The lowest BCUT2D eigenvalue weighted by Crippen LogP contribution is -2.45. The molecule has 0 radical (unpaired) electrons. The second kappa shape index (κ2) is 58.4. The fourth-order valence-corrected chi connectivity index (χ4v) is 8.35. The Kier molecular flexibility index (Phi) is 55.8. The lowest BCUT2D eigenvalue weighted by atomic mass is 10.0. The SMILES string of the molecule is CC/C=C\C/C=C\C/C=C\C/C=C\C/C=C\C/C=C\C/C=C\CCCCCCCCCCCCCCCCCCCC(=O)NC(CO)C(O)/C=C/CC/C=C/CCCCCCCCCCCCC. The largest absolute Gasteiger partial charge is 0.394 e. The molecule has 0 spiro atoms. The van der Waals surface area contributed by atoms with Crippen LogP contribution in [0.25, 0.3) is 0 Å². The first-order valence-corrected chi connectivity index (χ1v) is 29.1. The van der Waals surface area contributed by atoms with Gasteiger partial charge >= 0.3 is 0 Å². The summed E-state index contributed by atoms with van der Waals surface area (Å²) in [5.74, 6) is -0.0748. The van der Waals surface area contributed by atoms with Crippen LogP contribution in [-0.4, -0.2) is 34.9 Å². The number of aliphatic hydroxyl groups excluding tert-OH is 2. The van der Waals surface area contributed by atoms with E-state index in [-0.39, 0.29) is 12.5 Å². The molecule has 0 aromatic rings. The third-order valence-corrected chi connectivity index (χ3v) is 12.7. The molecule has 4 heteroatoms. The number of aliphatic hydroxyl groups is 2. The van der Waals surface area contributed by atoms with E-state index in [0.29, 0.717) is 6.42 Å². The van der Waals surface area contributed by atoms with Gasteiger partial charge in [0.1, 0.15) is 0 Å². The molecule has 0 fully saturated rings. The third kappa shape index (κ3) is 54.0. The van der Waals surface area contributed by atoms with Crippen molar-refractivity contribution in [2.75, 3.05) is 6.61 Å². The van der Waals surface area contributed by atoms with Crippen molar-refractivity contribution in [3.8, 4) is 0 Å². The number of rotatable bonds is 52. The van der Waals surface area contributed by atoms with Gasteiger partial charge in [0.2, 0.25) is 5.91 Å². The van der Waals surface area contributed by atoms with Gasteiger partial charge in [-0.15, -0.1) is 0 Å². The quantitative estimate of drug-likeness (QED) is 0.0420. The monoisotopic (exact) mass is 942 g/mol. The Balaban J connectivity index is 3.53. The first-order valence-electron chi connectivity index (χ1n) is 29.1. The van der Waals surface area contributed by atoms with Gasteiger partial charge in [0.05, 0.1) is 18.8 Å². The number of carbonyl (C=O) groups is 1. The van der Waals surface area contributed by atoms with Crippen molar-refractivity contribution in [1.82, 2.24) is 5.32 Å². The number of nitrogens with one attached hydrogen (secondary N) is 1. The summed E-state index contributed by atoms with van der Waals surface area (Å²) >= 11 is 0. The van der Waals surface area contributed by atoms with Crippen molar-refractivity contribution in [1.29, 1.82) is 0 Å². The summed E-state index contributed by atoms with van der Waals surface area (Å²) in [5.41, 5.74) is 0. The van der Waals surface area contributed by atoms with Crippen molar-refractivity contribution >= 4 is 5.91 Å². The summed E-state index contributed by atoms with van der Waals surface area (Å²) in [5, 5.41) is 23.1. The Morgan fingerprint density at radius 2 is 0.662 bits per heavy atom. The predicted molar refractivity (Wildman–Crippen MR) is 303 cm³/mol. The lowest BCUT2D eigenvalue weighted by molar-refractivity contribution is -0.123. The summed E-state index contributed by atoms with van der Waals surface area (Å²) in [6, 6.07) is -0.643. The molecule has 3 N–H and O–H groups in total. The van der Waals surface area contributed by atoms with E-state index >= 15 is 0 Å². The Morgan fingerprint density at radius 3 is 1.03 bits per heavy atom. The average molecular weight is 943 g/mol. The van der Waals surface area contributed by atoms with Crippen molar-refractivity contribution < 1.29 is 15.0 Å². The van der Waals surface area contributed by atoms with Crippen LogP contribution in [0.4, 0.5) is 0 Å². The third-order valence-electron chi connectivity index (χ3n) is 12.7. The van der Waals surface area contributed by atoms with Gasteiger partial charge in [-0.05, 0) is 89.9 Å². The number of amides is 1. The summed E-state index contributed by atoms with van der Waals surface area (Å²) < 4.78 is 0. The number of hydrogen-bond donors (Lipinski definition) is 3. The summed E-state index contributed by atoms with van der Waals surface area (Å²) in [7, 11) is 0. The number of unbranched alkanes of at least 4 members (excludes halogenated alkanes) is 29. The van der Waals surface area contributed by atoms with Crippen LogP contribution in [0, 0.1) is 0 Å². The van der Waals surface area contributed by atoms with Gasteiger partial charge in [-0.1, -0.05) is 284 Å². The van der Waals surface area contributed by atoms with Gasteiger partial charge < -0.3 is 15.5 Å². The zero-order valence-electron chi connectivity index (χ0n) is 44.8. The van der Waals surface area contributed by atoms with Crippen LogP contribution < -0.4 is 5.32 Å². The highest BCUT2D eigenvalue weighted by atomic mass is 16.3. The van der Waals surface area contributed by atoms with Crippen molar-refractivity contribution in [3.63, 3.8) is 0 Å². The maximum absolute atomic E-state index is 12.5. The highest BCUT2D eigenvalue weighted by molar-refractivity contribution is 5.76. The normalized spacial score (nSPS) is 13.6. The van der Waals surface area contributed by atoms with Crippen LogP contribution in [0.5, 0.6) is 0 Å². The topological polar surface area (TPSA) is 69.6 Å². The fraction of sp³-hybridized carbons (Fsp3) is 0.703. The molecule has 0 aliphatic rings. The molecule has 1 amide bonds. The van der Waals surface area contributed by atoms with E-state index in [9.17, 15) is 15.0 Å². The van der Waals surface area contributed by atoms with E-state index in [1.54, 1.807) is 6.08 Å². The van der Waals surface area contributed by atoms with Gasteiger partial charge in [-0.3, -0.25) is 4.79 Å². The smallest absolute Gasteiger partial charge is 0.220 e. The highest BCUT2D eigenvalue weighted by Gasteiger charge is 2.18. The zero-order chi connectivity index (χ0) is 49.2. The molecule has 0 aliphatic heterocycles. The molecule has 0 aromatic heterocycles. The molecule has 0 rings (SSSR count). The molecule has 390 valence electrons. The second-order valence-corrected chi connectivity index (χ2v) is 19.3. The summed E-state index contributed by atoms with van der Waals surface area (Å²) in [6.07, 6.45) is 88.3. The van der Waals surface area contributed by atoms with E-state index in [1.807, 2.05) is 6.08 Å². The Bertz CT molecular complexity index is 1300. The van der Waals surface area contributed by atoms with Crippen molar-refractivity contribution in [2.24, 2.45) is 0 Å². The summed E-state index contributed by atoms with van der Waals surface area (Å²) in [6.45, 7) is 4.19. The summed E-state index contributed by atoms with van der Waals surface area (Å²) in [4.78, 5) is 12.5. The van der Waals surface area contributed by atoms with Crippen LogP contribution >= 0.6 is 0 Å². The van der Waals surface area contributed by atoms with Gasteiger partial charge in [-0.25, -0.2) is 0 Å². The first-order chi connectivity index (χ1) is 33.7. The van der Waals surface area contributed by atoms with E-state index in [1.165, 1.54) is 173 Å². The van der Waals surface area contributed by atoms with Crippen molar-refractivity contribution in [2.45, 2.75) is 283 Å². The van der Waals surface area contributed by atoms with Gasteiger partial charge in [0.25, 0.3) is 0 Å². The molecular weight excluding hydrogens is 831 g/mol. The Hall–Kier alpha value is -2.95. The van der Waals surface area contributed by atoms with Crippen LogP contribution in [0.3, 0.4) is 0 Å². The molecule has 0 heterocycles. The van der Waals surface area contributed by atoms with Crippen LogP contribution in [-0.2, 0) is 4.79 Å². The van der Waals surface area contributed by atoms with Crippen molar-refractivity contribution in [3.05, 3.63) is 109 Å². The molecular formula is C64H111NO3. The first kappa shape index (κ1) is 65.0. The van der Waals surface area contributed by atoms with Gasteiger partial charge in [0.15, 0.2) is 0 Å². The Labute approximate surface area is 423 Å². The number of allylic oxidation sites excluding steroid dienone is 17. The second-order valence-electron chi connectivity index (χ2n) is 19.3. The minimum Gasteiger partial charge on any atom is -0.394 e. The Morgan fingerprint density at radius 1 is 0.368 bits per heavy atom. The van der Waals surface area contributed by atoms with Crippen LogP contribution in [0.1, 0.15) is 271 Å². The molecule has 0 saturated heterocycles. The van der Waals surface area contributed by atoms with Crippen LogP contribution in [0.15, 0.2) is 109 Å². The average Bonchev–Trinajstić information content (AvgIpc) is 3.34. The molecule has 4 nitrogen and oxygen atoms in total. The molecule has 68 heavy (non-hydrogen) atoms. The minimum absolute atomic E-state index is 0.0748. The number of carbonyl (C=O) groups excluding carboxylic acids is 1. The lowest BCUT2D eigenvalue weighted by Gasteiger charge is -2.19. The van der Waals surface area contributed by atoms with Gasteiger partial charge in [-0.2, -0.15) is 0 Å². The zero-order valence-corrected chi connectivity index (χ0v) is 44.8. The fourth-order valence-electron chi connectivity index (χ4n) is 8.35.